The van der Waals surface area contributed by atoms with Crippen LogP contribution in [0.3, 0.4) is 0 Å². The van der Waals surface area contributed by atoms with Crippen LogP contribution in [0, 0.1) is 0 Å². The molecule has 15 heteroatoms. The van der Waals surface area contributed by atoms with Gasteiger partial charge in [0.15, 0.2) is 0 Å². The number of rotatable bonds is 20. The molecule has 0 aromatic carbocycles. The molecule has 4 amide bonds. The topological polar surface area (TPSA) is 238 Å². The van der Waals surface area contributed by atoms with Gasteiger partial charge in [0.1, 0.15) is 0 Å². The van der Waals surface area contributed by atoms with Gasteiger partial charge in [0.05, 0.1) is 24.2 Å². The van der Waals surface area contributed by atoms with Crippen molar-refractivity contribution in [1.29, 1.82) is 0 Å². The first kappa shape index (κ1) is 35.6. The van der Waals surface area contributed by atoms with Crippen LogP contribution in [0.5, 0.6) is 0 Å². The molecule has 4 atom stereocenters. The van der Waals surface area contributed by atoms with Gasteiger partial charge in [-0.25, -0.2) is 0 Å². The van der Waals surface area contributed by atoms with Crippen molar-refractivity contribution >= 4 is 23.6 Å². The summed E-state index contributed by atoms with van der Waals surface area (Å²) in [4.78, 5) is 53.3. The fraction of sp³-hybridized carbons (Fsp3) is 0.826. The maximum Gasteiger partial charge on any atom is 0.240 e. The van der Waals surface area contributed by atoms with Crippen molar-refractivity contribution in [1.82, 2.24) is 30.7 Å². The molecule has 0 aromatic rings. The molecule has 12 N–H and O–H groups in total. The lowest BCUT2D eigenvalue weighted by Crippen LogP contribution is -2.54. The summed E-state index contributed by atoms with van der Waals surface area (Å²) in [6, 6.07) is -2.45. The first-order valence-electron chi connectivity index (χ1n) is 13.0. The molecular weight excluding hydrogens is 496 g/mol. The summed E-state index contributed by atoms with van der Waals surface area (Å²) in [5, 5.41) is 18.4. The van der Waals surface area contributed by atoms with E-state index in [9.17, 15) is 24.3 Å². The Morgan fingerprint density at radius 3 is 1.74 bits per heavy atom. The molecule has 4 unspecified atom stereocenters. The molecule has 0 rings (SSSR count). The van der Waals surface area contributed by atoms with Gasteiger partial charge in [-0.05, 0) is 6.42 Å². The predicted molar refractivity (Wildman–Crippen MR) is 146 cm³/mol. The quantitative estimate of drug-likeness (QED) is 0.0717. The van der Waals surface area contributed by atoms with Crippen LogP contribution < -0.4 is 38.9 Å². The second kappa shape index (κ2) is 19.6. The molecule has 0 heterocycles. The maximum atomic E-state index is 13.0. The Morgan fingerprint density at radius 1 is 0.789 bits per heavy atom. The number of aliphatic hydroxyl groups excluding tert-OH is 1. The summed E-state index contributed by atoms with van der Waals surface area (Å²) in [7, 11) is 3.13. The molecule has 0 aliphatic rings. The summed E-state index contributed by atoms with van der Waals surface area (Å²) in [6.45, 7) is 5.56. The predicted octanol–water partition coefficient (Wildman–Crippen LogP) is -5.24. The van der Waals surface area contributed by atoms with Crippen LogP contribution in [0.25, 0.3) is 0 Å². The molecule has 0 aliphatic heterocycles. The van der Waals surface area contributed by atoms with Gasteiger partial charge in [-0.1, -0.05) is 6.92 Å². The molecule has 0 saturated carbocycles. The van der Waals surface area contributed by atoms with Crippen LogP contribution in [0.15, 0.2) is 0 Å². The molecule has 0 aliphatic carbocycles. The van der Waals surface area contributed by atoms with Crippen LogP contribution >= 0.6 is 0 Å². The number of aliphatic hydroxyl groups is 1. The lowest BCUT2D eigenvalue weighted by Gasteiger charge is -2.31. The Kier molecular flexibility index (Phi) is 18.4. The summed E-state index contributed by atoms with van der Waals surface area (Å²) < 4.78 is 0. The Balaban J connectivity index is 4.83. The lowest BCUT2D eigenvalue weighted by atomic mass is 10.2. The van der Waals surface area contributed by atoms with E-state index in [-0.39, 0.29) is 76.0 Å². The van der Waals surface area contributed by atoms with E-state index in [1.165, 1.54) is 23.8 Å². The summed E-state index contributed by atoms with van der Waals surface area (Å²) >= 11 is 0. The van der Waals surface area contributed by atoms with Crippen LogP contribution in [0.4, 0.5) is 0 Å². The van der Waals surface area contributed by atoms with Gasteiger partial charge in [-0.15, -0.1) is 0 Å². The van der Waals surface area contributed by atoms with Crippen LogP contribution in [0.2, 0.25) is 0 Å². The standard InChI is InChI=1S/C23H50N10O5/c1-5-6-32(9-10-33(22(37)18(25)11-24)8-7-31(4)16(2)34)23(38)20(27)15-30-13-17(35)12-29-14-19(26)21(36)28-3/h17-20,29-30,35H,5-15,24-27H2,1-4H3,(H,28,36). The van der Waals surface area contributed by atoms with Gasteiger partial charge in [-0.3, -0.25) is 19.2 Å². The number of amides is 4. The average Bonchev–Trinajstić information content (AvgIpc) is 2.89. The van der Waals surface area contributed by atoms with Gasteiger partial charge in [-0.2, -0.15) is 0 Å². The maximum absolute atomic E-state index is 13.0. The number of nitrogens with zero attached hydrogens (tertiary/aromatic N) is 3. The SMILES string of the molecule is CCCN(CCN(CCN(C)C(C)=O)C(=O)C(N)CN)C(=O)C(N)CNCC(O)CNCC(N)C(=O)NC. The van der Waals surface area contributed by atoms with Crippen molar-refractivity contribution in [2.75, 3.05) is 79.5 Å². The third kappa shape index (κ3) is 13.9. The minimum atomic E-state index is -0.875. The van der Waals surface area contributed by atoms with Gasteiger partial charge in [0, 0.05) is 86.5 Å². The third-order valence-corrected chi connectivity index (χ3v) is 5.96. The molecule has 0 radical (unpaired) electrons. The molecule has 0 fully saturated rings. The van der Waals surface area contributed by atoms with Gasteiger partial charge < -0.3 is 58.7 Å². The van der Waals surface area contributed by atoms with E-state index < -0.39 is 24.2 Å². The number of nitrogens with two attached hydrogens (primary N) is 4. The van der Waals surface area contributed by atoms with Crippen LogP contribution in [-0.2, 0) is 19.2 Å². The lowest BCUT2D eigenvalue weighted by molar-refractivity contribution is -0.137. The first-order valence-corrected chi connectivity index (χ1v) is 13.0. The van der Waals surface area contributed by atoms with Crippen LogP contribution in [-0.4, -0.2) is 147 Å². The Morgan fingerprint density at radius 2 is 1.26 bits per heavy atom. The monoisotopic (exact) mass is 546 g/mol. The number of carbonyl (C=O) groups is 4. The Labute approximate surface area is 225 Å². The zero-order chi connectivity index (χ0) is 29.3. The van der Waals surface area contributed by atoms with E-state index in [4.69, 9.17) is 22.9 Å². The van der Waals surface area contributed by atoms with Crippen molar-refractivity contribution in [2.45, 2.75) is 44.5 Å². The number of hydrogen-bond acceptors (Lipinski definition) is 11. The molecule has 0 bridgehead atoms. The van der Waals surface area contributed by atoms with E-state index in [1.54, 1.807) is 11.9 Å². The smallest absolute Gasteiger partial charge is 0.240 e. The summed E-state index contributed by atoms with van der Waals surface area (Å²) in [5.41, 5.74) is 23.2. The molecular formula is C23H50N10O5. The zero-order valence-corrected chi connectivity index (χ0v) is 23.3. The third-order valence-electron chi connectivity index (χ3n) is 5.96. The highest BCUT2D eigenvalue weighted by Crippen LogP contribution is 2.01. The van der Waals surface area contributed by atoms with Gasteiger partial charge in [0.2, 0.25) is 23.6 Å². The first-order chi connectivity index (χ1) is 17.9. The second-order valence-corrected chi connectivity index (χ2v) is 9.23. The Hall–Kier alpha value is -2.40. The number of hydrogen-bond donors (Lipinski definition) is 8. The molecule has 15 nitrogen and oxygen atoms in total. The largest absolute Gasteiger partial charge is 0.390 e. The molecule has 0 aromatic heterocycles. The fourth-order valence-electron chi connectivity index (χ4n) is 3.42. The molecule has 0 saturated heterocycles. The number of carbonyl (C=O) groups excluding carboxylic acids is 4. The van der Waals surface area contributed by atoms with E-state index in [1.807, 2.05) is 6.92 Å². The number of likely N-dealkylation sites (N-methyl/N-ethyl adjacent to an activating group) is 2. The minimum Gasteiger partial charge on any atom is -0.390 e. The van der Waals surface area contributed by atoms with Crippen molar-refractivity contribution in [3.63, 3.8) is 0 Å². The zero-order valence-electron chi connectivity index (χ0n) is 23.3. The van der Waals surface area contributed by atoms with E-state index >= 15 is 0 Å². The summed E-state index contributed by atoms with van der Waals surface area (Å²) in [5.74, 6) is -1.07. The fourth-order valence-corrected chi connectivity index (χ4v) is 3.42. The average molecular weight is 547 g/mol. The van der Waals surface area contributed by atoms with E-state index in [2.05, 4.69) is 16.0 Å². The molecule has 0 spiro atoms. The van der Waals surface area contributed by atoms with E-state index in [0.29, 0.717) is 19.5 Å². The highest BCUT2D eigenvalue weighted by atomic mass is 16.3. The van der Waals surface area contributed by atoms with Crippen molar-refractivity contribution in [2.24, 2.45) is 22.9 Å². The van der Waals surface area contributed by atoms with Crippen LogP contribution in [0.1, 0.15) is 20.3 Å². The minimum absolute atomic E-state index is 0.0196. The summed E-state index contributed by atoms with van der Waals surface area (Å²) in [6.07, 6.45) is -0.0852. The number of nitrogens with one attached hydrogen (secondary N) is 3. The Bertz CT molecular complexity index is 729. The normalized spacial score (nSPS) is 14.2. The second-order valence-electron chi connectivity index (χ2n) is 9.23. The highest BCUT2D eigenvalue weighted by molar-refractivity contribution is 5.83. The van der Waals surface area contributed by atoms with Gasteiger partial charge >= 0.3 is 0 Å². The highest BCUT2D eigenvalue weighted by Gasteiger charge is 2.25. The molecule has 222 valence electrons. The van der Waals surface area contributed by atoms with Crippen molar-refractivity contribution < 1.29 is 24.3 Å². The van der Waals surface area contributed by atoms with Crippen molar-refractivity contribution in [3.05, 3.63) is 0 Å². The van der Waals surface area contributed by atoms with Gasteiger partial charge in [0.25, 0.3) is 0 Å². The van der Waals surface area contributed by atoms with E-state index in [0.717, 1.165) is 0 Å². The van der Waals surface area contributed by atoms with Crippen molar-refractivity contribution in [3.8, 4) is 0 Å². The molecule has 38 heavy (non-hydrogen) atoms.